The lowest BCUT2D eigenvalue weighted by atomic mass is 10.1. The molecule has 0 aromatic heterocycles. The molecule has 0 heterocycles. The third-order valence-corrected chi connectivity index (χ3v) is 4.56. The number of hydrogen-bond donors (Lipinski definition) is 3. The molecule has 31 heavy (non-hydrogen) atoms. The summed E-state index contributed by atoms with van der Waals surface area (Å²) >= 11 is 11.8. The van der Waals surface area contributed by atoms with Gasteiger partial charge in [0.05, 0.1) is 16.9 Å². The van der Waals surface area contributed by atoms with Crippen LogP contribution in [0.2, 0.25) is 10.0 Å². The molecule has 3 N–H and O–H groups in total. The molecule has 0 amide bonds. The number of ketones is 2. The molecule has 0 bridgehead atoms. The van der Waals surface area contributed by atoms with Crippen molar-refractivity contribution in [1.29, 1.82) is 0 Å². The van der Waals surface area contributed by atoms with Crippen LogP contribution in [0.15, 0.2) is 53.6 Å². The Morgan fingerprint density at radius 2 is 1.32 bits per heavy atom. The maximum absolute atomic E-state index is 12.5. The SMILES string of the molecule is CC(=O)C(=NNc1ccc(Cl)cc1)[N+](=C(NNc1ccc(Cl)cc1)C(C)=O)C(C)(C)C. The molecule has 0 saturated heterocycles. The molecular weight excluding hydrogens is 437 g/mol. The van der Waals surface area contributed by atoms with Crippen LogP contribution >= 0.6 is 23.2 Å². The molecule has 164 valence electrons. The van der Waals surface area contributed by atoms with Gasteiger partial charge in [-0.2, -0.15) is 0 Å². The summed E-state index contributed by atoms with van der Waals surface area (Å²) in [6, 6.07) is 13.9. The number of hydrogen-bond acceptors (Lipinski definition) is 5. The predicted octanol–water partition coefficient (Wildman–Crippen LogP) is 4.72. The number of nitrogens with one attached hydrogen (secondary N) is 3. The molecule has 0 radical (unpaired) electrons. The second kappa shape index (κ2) is 10.4. The van der Waals surface area contributed by atoms with Crippen LogP contribution in [0.1, 0.15) is 34.6 Å². The number of rotatable bonds is 6. The van der Waals surface area contributed by atoms with Crippen LogP contribution in [0.5, 0.6) is 0 Å². The van der Waals surface area contributed by atoms with Gasteiger partial charge in [-0.05, 0) is 74.4 Å². The second-order valence-corrected chi connectivity index (χ2v) is 8.65. The van der Waals surface area contributed by atoms with Gasteiger partial charge in [-0.1, -0.05) is 23.2 Å². The van der Waals surface area contributed by atoms with Gasteiger partial charge in [0.1, 0.15) is 0 Å². The summed E-state index contributed by atoms with van der Waals surface area (Å²) < 4.78 is 1.56. The minimum atomic E-state index is -0.651. The van der Waals surface area contributed by atoms with Crippen molar-refractivity contribution in [1.82, 2.24) is 5.43 Å². The van der Waals surface area contributed by atoms with Crippen molar-refractivity contribution in [2.45, 2.75) is 40.2 Å². The zero-order valence-electron chi connectivity index (χ0n) is 18.1. The van der Waals surface area contributed by atoms with E-state index in [1.165, 1.54) is 13.8 Å². The summed E-state index contributed by atoms with van der Waals surface area (Å²) in [6.45, 7) is 8.43. The van der Waals surface area contributed by atoms with Crippen molar-refractivity contribution in [3.63, 3.8) is 0 Å². The molecule has 0 aliphatic carbocycles. The highest BCUT2D eigenvalue weighted by Gasteiger charge is 2.34. The Kier molecular flexibility index (Phi) is 8.19. The Hall–Kier alpha value is -2.90. The zero-order chi connectivity index (χ0) is 23.2. The first-order chi connectivity index (χ1) is 14.5. The van der Waals surface area contributed by atoms with Crippen LogP contribution in [0.4, 0.5) is 11.4 Å². The normalized spacial score (nSPS) is 12.7. The number of halogens is 2. The molecule has 2 aromatic carbocycles. The zero-order valence-corrected chi connectivity index (χ0v) is 19.6. The van der Waals surface area contributed by atoms with E-state index < -0.39 is 5.54 Å². The molecule has 2 aromatic rings. The molecule has 2 rings (SSSR count). The minimum absolute atomic E-state index is 0.0676. The van der Waals surface area contributed by atoms with Gasteiger partial charge in [-0.15, -0.1) is 0 Å². The van der Waals surface area contributed by atoms with Crippen molar-refractivity contribution in [2.75, 3.05) is 10.9 Å². The topological polar surface area (TPSA) is 85.6 Å². The van der Waals surface area contributed by atoms with E-state index in [4.69, 9.17) is 23.2 Å². The van der Waals surface area contributed by atoms with Gasteiger partial charge >= 0.3 is 5.84 Å². The quantitative estimate of drug-likeness (QED) is 0.250. The average Bonchev–Trinajstić information content (AvgIpc) is 2.68. The van der Waals surface area contributed by atoms with Crippen LogP contribution in [0, 0.1) is 0 Å². The van der Waals surface area contributed by atoms with Gasteiger partial charge in [-0.3, -0.25) is 15.0 Å². The lowest BCUT2D eigenvalue weighted by Gasteiger charge is -2.25. The molecule has 7 nitrogen and oxygen atoms in total. The third kappa shape index (κ3) is 7.08. The number of hydrazine groups is 1. The molecule has 0 fully saturated rings. The number of carbonyl (C=O) groups excluding carboxylic acids is 2. The Labute approximate surface area is 192 Å². The first kappa shape index (κ1) is 24.4. The molecule has 0 aliphatic rings. The van der Waals surface area contributed by atoms with Crippen molar-refractivity contribution < 1.29 is 14.2 Å². The first-order valence-corrected chi connectivity index (χ1v) is 10.3. The van der Waals surface area contributed by atoms with E-state index in [1.54, 1.807) is 53.1 Å². The molecule has 0 saturated carbocycles. The largest absolute Gasteiger partial charge is 0.329 e. The Morgan fingerprint density at radius 3 is 1.74 bits per heavy atom. The highest BCUT2D eigenvalue weighted by Crippen LogP contribution is 2.15. The van der Waals surface area contributed by atoms with Crippen molar-refractivity contribution >= 4 is 57.8 Å². The lowest BCUT2D eigenvalue weighted by molar-refractivity contribution is -0.490. The highest BCUT2D eigenvalue weighted by molar-refractivity contribution is 6.41. The number of anilines is 2. The van der Waals surface area contributed by atoms with E-state index in [0.717, 1.165) is 0 Å². The van der Waals surface area contributed by atoms with Gasteiger partial charge in [0.2, 0.25) is 11.6 Å². The fourth-order valence-corrected chi connectivity index (χ4v) is 2.91. The minimum Gasteiger partial charge on any atom is -0.288 e. The van der Waals surface area contributed by atoms with Crippen LogP contribution in [-0.2, 0) is 9.59 Å². The maximum atomic E-state index is 12.5. The van der Waals surface area contributed by atoms with Crippen molar-refractivity contribution in [3.8, 4) is 0 Å². The van der Waals surface area contributed by atoms with Gasteiger partial charge in [0.25, 0.3) is 5.84 Å². The number of nitrogens with zero attached hydrogens (tertiary/aromatic N) is 2. The highest BCUT2D eigenvalue weighted by atomic mass is 35.5. The van der Waals surface area contributed by atoms with E-state index in [9.17, 15) is 9.59 Å². The standard InChI is InChI=1S/C22H25Cl2N5O2/c1-14(30)20(27-25-18-10-6-16(23)7-11-18)29(22(3,4)5)21(15(2)31)28-26-19-12-8-17(24)9-13-19/h6-13H,1-5H3,(H2,25,26,30,31)/p+1. The summed E-state index contributed by atoms with van der Waals surface area (Å²) in [4.78, 5) is 25.1. The van der Waals surface area contributed by atoms with Gasteiger partial charge in [-0.25, -0.2) is 15.4 Å². The van der Waals surface area contributed by atoms with Gasteiger partial charge < -0.3 is 0 Å². The number of carbonyl (C=O) groups is 2. The molecule has 0 atom stereocenters. The molecule has 0 spiro atoms. The number of benzene rings is 2. The second-order valence-electron chi connectivity index (χ2n) is 7.78. The summed E-state index contributed by atoms with van der Waals surface area (Å²) in [6.07, 6.45) is 0. The monoisotopic (exact) mass is 462 g/mol. The fraction of sp³-hybridized carbons (Fsp3) is 0.273. The first-order valence-electron chi connectivity index (χ1n) is 9.55. The summed E-state index contributed by atoms with van der Waals surface area (Å²) in [5, 5.41) is 5.48. The van der Waals surface area contributed by atoms with Crippen LogP contribution < -0.4 is 16.3 Å². The Morgan fingerprint density at radius 1 is 0.839 bits per heavy atom. The lowest BCUT2D eigenvalue weighted by Crippen LogP contribution is -2.52. The Bertz CT molecular complexity index is 1010. The maximum Gasteiger partial charge on any atom is 0.329 e. The van der Waals surface area contributed by atoms with Gasteiger partial charge in [0.15, 0.2) is 0 Å². The molecule has 0 unspecified atom stereocenters. The van der Waals surface area contributed by atoms with Crippen LogP contribution in [0.3, 0.4) is 0 Å². The van der Waals surface area contributed by atoms with Crippen molar-refractivity contribution in [3.05, 3.63) is 58.6 Å². The predicted molar refractivity (Wildman–Crippen MR) is 127 cm³/mol. The number of hydrazone groups is 1. The van der Waals surface area contributed by atoms with E-state index in [1.807, 2.05) is 20.8 Å². The average molecular weight is 463 g/mol. The van der Waals surface area contributed by atoms with Crippen LogP contribution in [0.25, 0.3) is 0 Å². The Balaban J connectivity index is 2.48. The van der Waals surface area contributed by atoms with Crippen molar-refractivity contribution in [2.24, 2.45) is 5.10 Å². The molecular formula is C22H26Cl2N5O2+. The van der Waals surface area contributed by atoms with E-state index >= 15 is 0 Å². The summed E-state index contributed by atoms with van der Waals surface area (Å²) in [5.74, 6) is -0.368. The van der Waals surface area contributed by atoms with Gasteiger partial charge in [0, 0.05) is 23.9 Å². The molecule has 9 heteroatoms. The number of Topliss-reactive ketones (excluding diaryl/α,β-unsaturated/α-hetero) is 2. The smallest absolute Gasteiger partial charge is 0.288 e. The third-order valence-electron chi connectivity index (χ3n) is 4.06. The summed E-state index contributed by atoms with van der Waals surface area (Å²) in [7, 11) is 0. The van der Waals surface area contributed by atoms with Crippen LogP contribution in [-0.4, -0.2) is 33.4 Å². The van der Waals surface area contributed by atoms with E-state index in [-0.39, 0.29) is 23.2 Å². The van der Waals surface area contributed by atoms with E-state index in [2.05, 4.69) is 21.4 Å². The number of amidine groups is 2. The fourth-order valence-electron chi connectivity index (χ4n) is 2.65. The molecule has 0 aliphatic heterocycles. The summed E-state index contributed by atoms with van der Waals surface area (Å²) in [5.41, 5.74) is 9.44. The van der Waals surface area contributed by atoms with E-state index in [0.29, 0.717) is 21.4 Å².